The van der Waals surface area contributed by atoms with Crippen LogP contribution in [0.25, 0.3) is 0 Å². The van der Waals surface area contributed by atoms with Crippen molar-refractivity contribution in [1.29, 1.82) is 0 Å². The second kappa shape index (κ2) is 5.33. The van der Waals surface area contributed by atoms with Crippen molar-refractivity contribution in [2.24, 2.45) is 0 Å². The molecule has 0 spiro atoms. The zero-order chi connectivity index (χ0) is 8.81. The van der Waals surface area contributed by atoms with Crippen LogP contribution in [0.1, 0.15) is 32.6 Å². The molecule has 0 aromatic carbocycles. The van der Waals surface area contributed by atoms with Gasteiger partial charge in [0.2, 0.25) is 0 Å². The van der Waals surface area contributed by atoms with E-state index in [4.69, 9.17) is 9.84 Å². The quantitative estimate of drug-likeness (QED) is 0.655. The van der Waals surface area contributed by atoms with Gasteiger partial charge in [0.25, 0.3) is 0 Å². The van der Waals surface area contributed by atoms with Crippen LogP contribution < -0.4 is 0 Å². The molecule has 12 heavy (non-hydrogen) atoms. The summed E-state index contributed by atoms with van der Waals surface area (Å²) in [5.74, 6) is 0. The summed E-state index contributed by atoms with van der Waals surface area (Å²) < 4.78 is 5.53. The van der Waals surface area contributed by atoms with Crippen LogP contribution in [0.4, 0.5) is 0 Å². The van der Waals surface area contributed by atoms with Crippen LogP contribution in [0.3, 0.4) is 0 Å². The SMILES string of the molecule is CC(O)/C=C/CC1CCCCO1. The van der Waals surface area contributed by atoms with E-state index in [1.807, 2.05) is 12.2 Å². The second-order valence-electron chi connectivity index (χ2n) is 3.39. The summed E-state index contributed by atoms with van der Waals surface area (Å²) in [5.41, 5.74) is 0. The number of hydrogen-bond acceptors (Lipinski definition) is 2. The van der Waals surface area contributed by atoms with E-state index >= 15 is 0 Å². The minimum atomic E-state index is -0.325. The van der Waals surface area contributed by atoms with E-state index in [2.05, 4.69) is 0 Å². The van der Waals surface area contributed by atoms with Gasteiger partial charge in [-0.25, -0.2) is 0 Å². The van der Waals surface area contributed by atoms with Crippen molar-refractivity contribution in [2.45, 2.75) is 44.8 Å². The molecule has 2 nitrogen and oxygen atoms in total. The number of hydrogen-bond donors (Lipinski definition) is 1. The van der Waals surface area contributed by atoms with Crippen LogP contribution in [0.5, 0.6) is 0 Å². The Bertz CT molecular complexity index is 135. The average Bonchev–Trinajstić information content (AvgIpc) is 2.05. The molecule has 1 saturated heterocycles. The molecule has 0 saturated carbocycles. The van der Waals surface area contributed by atoms with Crippen molar-refractivity contribution in [2.75, 3.05) is 6.61 Å². The Hall–Kier alpha value is -0.340. The van der Waals surface area contributed by atoms with Crippen LogP contribution in [0, 0.1) is 0 Å². The van der Waals surface area contributed by atoms with E-state index < -0.39 is 0 Å². The van der Waals surface area contributed by atoms with Gasteiger partial charge in [-0.3, -0.25) is 0 Å². The molecule has 2 atom stereocenters. The maximum absolute atomic E-state index is 8.95. The number of ether oxygens (including phenoxy) is 1. The Morgan fingerprint density at radius 2 is 2.42 bits per heavy atom. The van der Waals surface area contributed by atoms with Crippen molar-refractivity contribution in [1.82, 2.24) is 0 Å². The van der Waals surface area contributed by atoms with Crippen LogP contribution in [0.2, 0.25) is 0 Å². The lowest BCUT2D eigenvalue weighted by molar-refractivity contribution is 0.0183. The number of aliphatic hydroxyl groups is 1. The first-order valence-corrected chi connectivity index (χ1v) is 4.75. The highest BCUT2D eigenvalue weighted by molar-refractivity contribution is 4.88. The molecule has 1 fully saturated rings. The normalized spacial score (nSPS) is 27.7. The van der Waals surface area contributed by atoms with Crippen molar-refractivity contribution in [3.63, 3.8) is 0 Å². The lowest BCUT2D eigenvalue weighted by Gasteiger charge is -2.21. The molecule has 0 aromatic rings. The van der Waals surface area contributed by atoms with E-state index in [0.29, 0.717) is 6.10 Å². The predicted molar refractivity (Wildman–Crippen MR) is 49.0 cm³/mol. The first-order valence-electron chi connectivity index (χ1n) is 4.75. The van der Waals surface area contributed by atoms with Gasteiger partial charge in [-0.1, -0.05) is 12.2 Å². The van der Waals surface area contributed by atoms with Gasteiger partial charge in [-0.05, 0) is 32.6 Å². The molecule has 1 heterocycles. The molecular weight excluding hydrogens is 152 g/mol. The predicted octanol–water partition coefficient (Wildman–Crippen LogP) is 1.88. The monoisotopic (exact) mass is 170 g/mol. The van der Waals surface area contributed by atoms with Gasteiger partial charge in [-0.15, -0.1) is 0 Å². The van der Waals surface area contributed by atoms with Crippen molar-refractivity contribution < 1.29 is 9.84 Å². The van der Waals surface area contributed by atoms with E-state index in [1.165, 1.54) is 19.3 Å². The lowest BCUT2D eigenvalue weighted by atomic mass is 10.1. The fraction of sp³-hybridized carbons (Fsp3) is 0.800. The Kier molecular flexibility index (Phi) is 4.33. The topological polar surface area (TPSA) is 29.5 Å². The number of aliphatic hydroxyl groups excluding tert-OH is 1. The highest BCUT2D eigenvalue weighted by atomic mass is 16.5. The summed E-state index contributed by atoms with van der Waals surface area (Å²) in [6.07, 6.45) is 8.51. The first-order chi connectivity index (χ1) is 5.79. The van der Waals surface area contributed by atoms with Gasteiger partial charge in [0.15, 0.2) is 0 Å². The molecule has 0 radical (unpaired) electrons. The van der Waals surface area contributed by atoms with Gasteiger partial charge in [0.05, 0.1) is 12.2 Å². The molecule has 0 amide bonds. The summed E-state index contributed by atoms with van der Waals surface area (Å²) in [7, 11) is 0. The van der Waals surface area contributed by atoms with Crippen LogP contribution in [-0.2, 0) is 4.74 Å². The molecule has 0 bridgehead atoms. The van der Waals surface area contributed by atoms with Crippen LogP contribution in [-0.4, -0.2) is 23.9 Å². The molecule has 70 valence electrons. The van der Waals surface area contributed by atoms with Gasteiger partial charge in [0.1, 0.15) is 0 Å². The highest BCUT2D eigenvalue weighted by Gasteiger charge is 2.11. The summed E-state index contributed by atoms with van der Waals surface area (Å²) >= 11 is 0. The Balaban J connectivity index is 2.12. The Morgan fingerprint density at radius 3 is 3.00 bits per heavy atom. The fourth-order valence-electron chi connectivity index (χ4n) is 1.42. The first kappa shape index (κ1) is 9.75. The highest BCUT2D eigenvalue weighted by Crippen LogP contribution is 2.15. The second-order valence-corrected chi connectivity index (χ2v) is 3.39. The largest absolute Gasteiger partial charge is 0.389 e. The standard InChI is InChI=1S/C10H18O2/c1-9(11)5-4-7-10-6-2-3-8-12-10/h4-5,9-11H,2-3,6-8H2,1H3/b5-4+. The zero-order valence-electron chi connectivity index (χ0n) is 7.70. The molecule has 0 aliphatic carbocycles. The molecule has 2 unspecified atom stereocenters. The molecule has 1 rings (SSSR count). The Morgan fingerprint density at radius 1 is 1.58 bits per heavy atom. The minimum Gasteiger partial charge on any atom is -0.389 e. The van der Waals surface area contributed by atoms with Crippen LogP contribution >= 0.6 is 0 Å². The Labute approximate surface area is 74.2 Å². The summed E-state index contributed by atoms with van der Waals surface area (Å²) in [6, 6.07) is 0. The third kappa shape index (κ3) is 3.88. The smallest absolute Gasteiger partial charge is 0.0692 e. The van der Waals surface area contributed by atoms with Gasteiger partial charge >= 0.3 is 0 Å². The number of rotatable bonds is 3. The fourth-order valence-corrected chi connectivity index (χ4v) is 1.42. The van der Waals surface area contributed by atoms with E-state index in [0.717, 1.165) is 13.0 Å². The lowest BCUT2D eigenvalue weighted by Crippen LogP contribution is -2.17. The van der Waals surface area contributed by atoms with E-state index in [9.17, 15) is 0 Å². The van der Waals surface area contributed by atoms with Crippen molar-refractivity contribution in [3.8, 4) is 0 Å². The maximum Gasteiger partial charge on any atom is 0.0692 e. The van der Waals surface area contributed by atoms with E-state index in [1.54, 1.807) is 6.92 Å². The molecule has 2 heteroatoms. The summed E-state index contributed by atoms with van der Waals surface area (Å²) in [4.78, 5) is 0. The average molecular weight is 170 g/mol. The van der Waals surface area contributed by atoms with Crippen molar-refractivity contribution >= 4 is 0 Å². The third-order valence-corrected chi connectivity index (χ3v) is 2.09. The maximum atomic E-state index is 8.95. The van der Waals surface area contributed by atoms with Gasteiger partial charge < -0.3 is 9.84 Å². The van der Waals surface area contributed by atoms with E-state index in [-0.39, 0.29) is 6.10 Å². The van der Waals surface area contributed by atoms with Gasteiger partial charge in [0, 0.05) is 6.61 Å². The molecule has 1 aliphatic heterocycles. The summed E-state index contributed by atoms with van der Waals surface area (Å²) in [5, 5.41) is 8.95. The molecule has 1 N–H and O–H groups in total. The van der Waals surface area contributed by atoms with Gasteiger partial charge in [-0.2, -0.15) is 0 Å². The molecule has 1 aliphatic rings. The van der Waals surface area contributed by atoms with Crippen molar-refractivity contribution in [3.05, 3.63) is 12.2 Å². The summed E-state index contributed by atoms with van der Waals surface area (Å²) in [6.45, 7) is 2.67. The zero-order valence-corrected chi connectivity index (χ0v) is 7.70. The minimum absolute atomic E-state index is 0.325. The van der Waals surface area contributed by atoms with Crippen LogP contribution in [0.15, 0.2) is 12.2 Å². The molecule has 0 aromatic heterocycles. The third-order valence-electron chi connectivity index (χ3n) is 2.09. The molecular formula is C10H18O2.